The van der Waals surface area contributed by atoms with Crippen LogP contribution in [0, 0.1) is 5.92 Å². The summed E-state index contributed by atoms with van der Waals surface area (Å²) < 4.78 is 6.50. The molecule has 2 N–H and O–H groups in total. The van der Waals surface area contributed by atoms with Crippen LogP contribution in [0.1, 0.15) is 43.2 Å². The fourth-order valence-electron chi connectivity index (χ4n) is 7.18. The molecule has 5 nitrogen and oxygen atoms in total. The van der Waals surface area contributed by atoms with Gasteiger partial charge in [-0.15, -0.1) is 0 Å². The number of benzene rings is 2. The summed E-state index contributed by atoms with van der Waals surface area (Å²) in [5.41, 5.74) is 2.46. The van der Waals surface area contributed by atoms with E-state index in [0.717, 1.165) is 54.3 Å². The van der Waals surface area contributed by atoms with Gasteiger partial charge < -0.3 is 14.9 Å². The highest BCUT2D eigenvalue weighted by molar-refractivity contribution is 5.91. The quantitative estimate of drug-likeness (QED) is 0.803. The lowest BCUT2D eigenvalue weighted by Gasteiger charge is -2.62. The van der Waals surface area contributed by atoms with E-state index in [9.17, 15) is 15.0 Å². The van der Waals surface area contributed by atoms with Crippen molar-refractivity contribution in [3.05, 3.63) is 47.5 Å². The summed E-state index contributed by atoms with van der Waals surface area (Å²) in [6, 6.07) is 11.4. The number of rotatable bonds is 3. The first-order valence-corrected chi connectivity index (χ1v) is 11.6. The van der Waals surface area contributed by atoms with E-state index in [1.165, 1.54) is 18.4 Å². The normalized spacial score (nSPS) is 35.6. The number of nitrogens with zero attached hydrogens (tertiary/aromatic N) is 1. The summed E-state index contributed by atoms with van der Waals surface area (Å²) in [6.07, 6.45) is 4.44. The number of ketones is 1. The Hall–Kier alpha value is -2.37. The number of ether oxygens (including phenoxy) is 1. The van der Waals surface area contributed by atoms with E-state index in [2.05, 4.69) is 17.0 Å². The van der Waals surface area contributed by atoms with E-state index in [0.29, 0.717) is 12.8 Å². The zero-order valence-corrected chi connectivity index (χ0v) is 17.5. The predicted molar refractivity (Wildman–Crippen MR) is 115 cm³/mol. The van der Waals surface area contributed by atoms with Gasteiger partial charge in [0.05, 0.1) is 11.0 Å². The van der Waals surface area contributed by atoms with Gasteiger partial charge in [0, 0.05) is 30.1 Å². The summed E-state index contributed by atoms with van der Waals surface area (Å²) in [4.78, 5) is 15.7. The number of piperidine rings is 1. The van der Waals surface area contributed by atoms with E-state index in [4.69, 9.17) is 4.74 Å². The van der Waals surface area contributed by atoms with Gasteiger partial charge in [0.25, 0.3) is 0 Å². The summed E-state index contributed by atoms with van der Waals surface area (Å²) in [5.74, 6) is 1.83. The maximum atomic E-state index is 13.1. The van der Waals surface area contributed by atoms with Crippen LogP contribution in [0.25, 0.3) is 11.1 Å². The molecular weight excluding hydrogens is 390 g/mol. The molecule has 3 aliphatic carbocycles. The molecule has 5 aliphatic rings. The van der Waals surface area contributed by atoms with Gasteiger partial charge in [-0.25, -0.2) is 0 Å². The Morgan fingerprint density at radius 3 is 2.84 bits per heavy atom. The minimum Gasteiger partial charge on any atom is -0.508 e. The Bertz CT molecular complexity index is 1120. The van der Waals surface area contributed by atoms with Crippen molar-refractivity contribution in [1.82, 2.24) is 4.90 Å². The summed E-state index contributed by atoms with van der Waals surface area (Å²) >= 11 is 0. The van der Waals surface area contributed by atoms with Gasteiger partial charge in [-0.3, -0.25) is 9.69 Å². The van der Waals surface area contributed by atoms with Crippen molar-refractivity contribution in [2.75, 3.05) is 13.1 Å². The summed E-state index contributed by atoms with van der Waals surface area (Å²) in [7, 11) is 0. The van der Waals surface area contributed by atoms with Crippen molar-refractivity contribution in [2.24, 2.45) is 5.92 Å². The molecule has 2 aliphatic heterocycles. The van der Waals surface area contributed by atoms with Gasteiger partial charge in [0.2, 0.25) is 0 Å². The third-order valence-corrected chi connectivity index (χ3v) is 8.74. The van der Waals surface area contributed by atoms with Crippen LogP contribution in [0.2, 0.25) is 0 Å². The number of hydrogen-bond donors (Lipinski definition) is 2. The third-order valence-electron chi connectivity index (χ3n) is 8.74. The number of hydrogen-bond acceptors (Lipinski definition) is 5. The Morgan fingerprint density at radius 2 is 2.03 bits per heavy atom. The molecule has 0 unspecified atom stereocenters. The average Bonchev–Trinajstić information content (AvgIpc) is 3.49. The summed E-state index contributed by atoms with van der Waals surface area (Å²) in [6.45, 7) is 1.97. The maximum absolute atomic E-state index is 13.1. The van der Waals surface area contributed by atoms with Crippen molar-refractivity contribution in [3.8, 4) is 22.6 Å². The second kappa shape index (κ2) is 5.90. The van der Waals surface area contributed by atoms with Crippen LogP contribution in [0.5, 0.6) is 11.5 Å². The van der Waals surface area contributed by atoms with E-state index < -0.39 is 17.1 Å². The topological polar surface area (TPSA) is 70.0 Å². The molecule has 2 bridgehead atoms. The third kappa shape index (κ3) is 2.21. The van der Waals surface area contributed by atoms with Crippen LogP contribution < -0.4 is 4.74 Å². The molecule has 2 heterocycles. The lowest BCUT2D eigenvalue weighted by molar-refractivity contribution is -0.188. The number of Topliss-reactive ketones (excluding diaryl/α,β-unsaturated/α-hetero) is 1. The molecule has 2 aromatic carbocycles. The fraction of sp³-hybridized carbons (Fsp3) is 0.500. The zero-order chi connectivity index (χ0) is 21.0. The number of phenolic OH excluding ortho intramolecular Hbond substituents is 1. The molecule has 160 valence electrons. The molecule has 1 saturated heterocycles. The van der Waals surface area contributed by atoms with Crippen molar-refractivity contribution in [2.45, 2.75) is 61.7 Å². The molecule has 0 amide bonds. The standard InChI is InChI=1S/C26H27NO4/c28-18-3-1-2-16(12-18)19-7-6-17-13-21-26(30)9-8-20(29)24-25(26,22(17)23(19)31-24)10-11-27(21)14-15-4-5-15/h1-3,6-7,12,15,21,24,28,30H,4-5,8-11,13-14H2/t21-,24+,25+,26-/m1/s1. The largest absolute Gasteiger partial charge is 0.508 e. The van der Waals surface area contributed by atoms with Crippen molar-refractivity contribution >= 4 is 5.78 Å². The number of carbonyl (C=O) groups excluding carboxylic acids is 1. The predicted octanol–water partition coefficient (Wildman–Crippen LogP) is 3.19. The number of aromatic hydroxyl groups is 1. The van der Waals surface area contributed by atoms with E-state index >= 15 is 0 Å². The van der Waals surface area contributed by atoms with E-state index in [1.54, 1.807) is 12.1 Å². The number of phenols is 1. The minimum atomic E-state index is -0.936. The Kier molecular flexibility index (Phi) is 3.47. The molecule has 2 saturated carbocycles. The smallest absolute Gasteiger partial charge is 0.174 e. The first kappa shape index (κ1) is 18.2. The lowest BCUT2D eigenvalue weighted by atomic mass is 9.49. The molecule has 3 fully saturated rings. The van der Waals surface area contributed by atoms with Gasteiger partial charge in [-0.05, 0) is 67.8 Å². The minimum absolute atomic E-state index is 0.0473. The second-order valence-electron chi connectivity index (χ2n) is 10.3. The lowest BCUT2D eigenvalue weighted by Crippen LogP contribution is -2.76. The van der Waals surface area contributed by atoms with Crippen molar-refractivity contribution in [3.63, 3.8) is 0 Å². The zero-order valence-electron chi connectivity index (χ0n) is 17.5. The number of carbonyl (C=O) groups is 1. The second-order valence-corrected chi connectivity index (χ2v) is 10.3. The van der Waals surface area contributed by atoms with Crippen molar-refractivity contribution < 1.29 is 19.7 Å². The Morgan fingerprint density at radius 1 is 1.16 bits per heavy atom. The van der Waals surface area contributed by atoms with Crippen LogP contribution in [0.15, 0.2) is 36.4 Å². The highest BCUT2D eigenvalue weighted by Gasteiger charge is 2.73. The first-order valence-electron chi connectivity index (χ1n) is 11.6. The molecule has 2 aromatic rings. The monoisotopic (exact) mass is 417 g/mol. The SMILES string of the molecule is O=C1CC[C@@]2(O)[C@H]3Cc4ccc(-c5cccc(O)c5)c5c4[C@@]2(CCN3CC2CC2)[C@H]1O5. The molecule has 7 rings (SSSR count). The Balaban J connectivity index is 1.45. The Labute approximate surface area is 181 Å². The maximum Gasteiger partial charge on any atom is 0.174 e. The molecule has 0 radical (unpaired) electrons. The van der Waals surface area contributed by atoms with Crippen LogP contribution in [0.4, 0.5) is 0 Å². The van der Waals surface area contributed by atoms with Crippen LogP contribution in [0.3, 0.4) is 0 Å². The molecule has 0 aromatic heterocycles. The molecular formula is C26H27NO4. The first-order chi connectivity index (χ1) is 15.0. The van der Waals surface area contributed by atoms with E-state index in [1.807, 2.05) is 12.1 Å². The van der Waals surface area contributed by atoms with Gasteiger partial charge in [0.15, 0.2) is 11.9 Å². The highest BCUT2D eigenvalue weighted by Crippen LogP contribution is 2.64. The van der Waals surface area contributed by atoms with Gasteiger partial charge in [-0.1, -0.05) is 24.3 Å². The summed E-state index contributed by atoms with van der Waals surface area (Å²) in [5, 5.41) is 22.4. The number of aliphatic hydroxyl groups is 1. The molecule has 5 heteroatoms. The van der Waals surface area contributed by atoms with Crippen LogP contribution in [-0.4, -0.2) is 51.7 Å². The van der Waals surface area contributed by atoms with E-state index in [-0.39, 0.29) is 17.6 Å². The molecule has 31 heavy (non-hydrogen) atoms. The van der Waals surface area contributed by atoms with Crippen LogP contribution >= 0.6 is 0 Å². The molecule has 1 spiro atoms. The van der Waals surface area contributed by atoms with Gasteiger partial charge >= 0.3 is 0 Å². The average molecular weight is 418 g/mol. The van der Waals surface area contributed by atoms with Crippen molar-refractivity contribution in [1.29, 1.82) is 0 Å². The van der Waals surface area contributed by atoms with Gasteiger partial charge in [0.1, 0.15) is 11.5 Å². The van der Waals surface area contributed by atoms with Gasteiger partial charge in [-0.2, -0.15) is 0 Å². The molecule has 4 atom stereocenters. The number of likely N-dealkylation sites (tertiary alicyclic amines) is 1. The van der Waals surface area contributed by atoms with Crippen LogP contribution in [-0.2, 0) is 16.6 Å². The fourth-order valence-corrected chi connectivity index (χ4v) is 7.18. The highest BCUT2D eigenvalue weighted by atomic mass is 16.5.